The molecule has 2 aliphatic rings. The van der Waals surface area contributed by atoms with E-state index >= 15 is 0 Å². The van der Waals surface area contributed by atoms with E-state index in [0.29, 0.717) is 0 Å². The summed E-state index contributed by atoms with van der Waals surface area (Å²) in [6, 6.07) is 0. The van der Waals surface area contributed by atoms with Crippen molar-refractivity contribution in [3.05, 3.63) is 8.02 Å². The van der Waals surface area contributed by atoms with Crippen LogP contribution in [-0.4, -0.2) is 10.2 Å². The van der Waals surface area contributed by atoms with E-state index in [1.165, 1.54) is 50.0 Å². The van der Waals surface area contributed by atoms with E-state index in [2.05, 4.69) is 32.8 Å². The molecule has 0 saturated heterocycles. The summed E-state index contributed by atoms with van der Waals surface area (Å²) >= 11 is 4.08. The van der Waals surface area contributed by atoms with Gasteiger partial charge in [-0.05, 0) is 53.7 Å². The fraction of sp³-hybridized carbons (Fsp3) is 0.833. The Morgan fingerprint density at radius 2 is 1.81 bits per heavy atom. The summed E-state index contributed by atoms with van der Waals surface area (Å²) < 4.78 is 1.10. The molecular weight excluding hydrogens is 331 g/mol. The van der Waals surface area contributed by atoms with E-state index in [1.807, 2.05) is 0 Å². The summed E-state index contributed by atoms with van der Waals surface area (Å²) in [5.74, 6) is 2.76. The first-order valence-electron chi connectivity index (χ1n) is 6.32. The normalized spacial score (nSPS) is 34.7. The summed E-state index contributed by atoms with van der Waals surface area (Å²) in [4.78, 5) is 0. The lowest BCUT2D eigenvalue weighted by Gasteiger charge is -2.38. The van der Waals surface area contributed by atoms with Crippen LogP contribution in [0, 0.1) is 14.9 Å². The Morgan fingerprint density at radius 1 is 1.00 bits per heavy atom. The van der Waals surface area contributed by atoms with Gasteiger partial charge >= 0.3 is 0 Å². The maximum Gasteiger partial charge on any atom is 0.178 e. The molecule has 0 aromatic carbocycles. The Morgan fingerprint density at radius 3 is 2.56 bits per heavy atom. The van der Waals surface area contributed by atoms with Crippen LogP contribution in [0.15, 0.2) is 0 Å². The lowest BCUT2D eigenvalue weighted by Crippen LogP contribution is -2.26. The topological polar surface area (TPSA) is 25.8 Å². The monoisotopic (exact) mass is 348 g/mol. The van der Waals surface area contributed by atoms with Gasteiger partial charge in [-0.3, -0.25) is 0 Å². The van der Waals surface area contributed by atoms with Crippen molar-refractivity contribution >= 4 is 33.9 Å². The summed E-state index contributed by atoms with van der Waals surface area (Å²) in [5.41, 5.74) is 0. The standard InChI is InChI=1S/C12H17IN2S/c13-12-15-14-11(16-12)10-6-5-8-3-1-2-4-9(8)7-10/h8-10H,1-7H2. The molecule has 0 aliphatic heterocycles. The number of halogens is 1. The molecule has 4 heteroatoms. The van der Waals surface area contributed by atoms with Crippen LogP contribution in [0.1, 0.15) is 55.9 Å². The van der Waals surface area contributed by atoms with Crippen molar-refractivity contribution in [2.24, 2.45) is 11.8 Å². The molecule has 2 aliphatic carbocycles. The molecular formula is C12H17IN2S. The molecule has 1 aromatic heterocycles. The van der Waals surface area contributed by atoms with Crippen molar-refractivity contribution in [1.29, 1.82) is 0 Å². The highest BCUT2D eigenvalue weighted by molar-refractivity contribution is 14.1. The van der Waals surface area contributed by atoms with Gasteiger partial charge in [-0.2, -0.15) is 0 Å². The maximum absolute atomic E-state index is 4.34. The van der Waals surface area contributed by atoms with Crippen LogP contribution in [0.25, 0.3) is 0 Å². The number of aromatic nitrogens is 2. The summed E-state index contributed by atoms with van der Waals surface area (Å²) in [6.07, 6.45) is 10.1. The SMILES string of the molecule is Ic1nnc(C2CCC3CCCCC3C2)s1. The van der Waals surface area contributed by atoms with Gasteiger partial charge in [0.15, 0.2) is 3.01 Å². The second-order valence-corrected chi connectivity index (χ2v) is 7.97. The zero-order valence-corrected chi connectivity index (χ0v) is 12.3. The van der Waals surface area contributed by atoms with Gasteiger partial charge in [0.25, 0.3) is 0 Å². The van der Waals surface area contributed by atoms with E-state index < -0.39 is 0 Å². The molecule has 0 N–H and O–H groups in total. The van der Waals surface area contributed by atoms with E-state index in [0.717, 1.165) is 20.8 Å². The predicted molar refractivity (Wildman–Crippen MR) is 74.7 cm³/mol. The van der Waals surface area contributed by atoms with Gasteiger partial charge in [0.1, 0.15) is 5.01 Å². The number of rotatable bonds is 1. The molecule has 0 bridgehead atoms. The molecule has 2 nitrogen and oxygen atoms in total. The smallest absolute Gasteiger partial charge is 0.142 e. The van der Waals surface area contributed by atoms with E-state index in [-0.39, 0.29) is 0 Å². The average molecular weight is 348 g/mol. The van der Waals surface area contributed by atoms with Crippen LogP contribution in [0.4, 0.5) is 0 Å². The summed E-state index contributed by atoms with van der Waals surface area (Å²) in [5, 5.41) is 9.79. The molecule has 0 radical (unpaired) electrons. The second kappa shape index (κ2) is 4.88. The van der Waals surface area contributed by atoms with Crippen LogP contribution in [0.5, 0.6) is 0 Å². The molecule has 88 valence electrons. The molecule has 1 aromatic rings. The van der Waals surface area contributed by atoms with Crippen LogP contribution in [-0.2, 0) is 0 Å². The lowest BCUT2D eigenvalue weighted by atomic mass is 9.68. The fourth-order valence-corrected chi connectivity index (χ4v) is 4.98. The molecule has 2 saturated carbocycles. The van der Waals surface area contributed by atoms with Gasteiger partial charge in [-0.15, -0.1) is 10.2 Å². The predicted octanol–water partition coefficient (Wildman–Crippen LogP) is 4.22. The van der Waals surface area contributed by atoms with Crippen molar-refractivity contribution in [2.45, 2.75) is 50.9 Å². The minimum Gasteiger partial charge on any atom is -0.142 e. The third-order valence-corrected chi connectivity index (χ3v) is 6.06. The van der Waals surface area contributed by atoms with E-state index in [9.17, 15) is 0 Å². The van der Waals surface area contributed by atoms with Gasteiger partial charge in [0.2, 0.25) is 0 Å². The third-order valence-electron chi connectivity index (χ3n) is 4.30. The first-order valence-corrected chi connectivity index (χ1v) is 8.21. The van der Waals surface area contributed by atoms with Crippen molar-refractivity contribution in [1.82, 2.24) is 10.2 Å². The number of fused-ring (bicyclic) bond motifs is 1. The Hall–Kier alpha value is 0.290. The first-order chi connectivity index (χ1) is 7.83. The molecule has 2 fully saturated rings. The molecule has 0 spiro atoms. The zero-order chi connectivity index (χ0) is 11.0. The number of nitrogens with zero attached hydrogens (tertiary/aromatic N) is 2. The number of hydrogen-bond donors (Lipinski definition) is 0. The number of hydrogen-bond acceptors (Lipinski definition) is 3. The van der Waals surface area contributed by atoms with E-state index in [1.54, 1.807) is 11.3 Å². The minimum absolute atomic E-state index is 0.723. The quantitative estimate of drug-likeness (QED) is 0.711. The van der Waals surface area contributed by atoms with Gasteiger partial charge < -0.3 is 0 Å². The Bertz CT molecular complexity index is 366. The van der Waals surface area contributed by atoms with Gasteiger partial charge in [-0.1, -0.05) is 37.0 Å². The molecule has 0 amide bonds. The van der Waals surface area contributed by atoms with Crippen LogP contribution in [0.3, 0.4) is 0 Å². The highest BCUT2D eigenvalue weighted by atomic mass is 127. The van der Waals surface area contributed by atoms with Gasteiger partial charge in [0, 0.05) is 5.92 Å². The molecule has 16 heavy (non-hydrogen) atoms. The Balaban J connectivity index is 1.70. The fourth-order valence-electron chi connectivity index (χ4n) is 3.48. The van der Waals surface area contributed by atoms with Crippen molar-refractivity contribution < 1.29 is 0 Å². The van der Waals surface area contributed by atoms with Gasteiger partial charge in [-0.25, -0.2) is 0 Å². The molecule has 3 rings (SSSR count). The Kier molecular flexibility index (Phi) is 3.47. The van der Waals surface area contributed by atoms with Gasteiger partial charge in [0.05, 0.1) is 0 Å². The van der Waals surface area contributed by atoms with Crippen LogP contribution in [0.2, 0.25) is 0 Å². The molecule has 3 unspecified atom stereocenters. The van der Waals surface area contributed by atoms with Crippen molar-refractivity contribution in [3.8, 4) is 0 Å². The van der Waals surface area contributed by atoms with E-state index in [4.69, 9.17) is 0 Å². The zero-order valence-electron chi connectivity index (χ0n) is 9.36. The molecule has 3 atom stereocenters. The highest BCUT2D eigenvalue weighted by Gasteiger charge is 2.33. The third kappa shape index (κ3) is 2.28. The second-order valence-electron chi connectivity index (χ2n) is 5.21. The maximum atomic E-state index is 4.34. The average Bonchev–Trinajstić information content (AvgIpc) is 2.75. The largest absolute Gasteiger partial charge is 0.178 e. The first kappa shape index (κ1) is 11.4. The molecule has 1 heterocycles. The van der Waals surface area contributed by atoms with Crippen molar-refractivity contribution in [2.75, 3.05) is 0 Å². The minimum atomic E-state index is 0.723. The van der Waals surface area contributed by atoms with Crippen molar-refractivity contribution in [3.63, 3.8) is 0 Å². The van der Waals surface area contributed by atoms with Crippen LogP contribution < -0.4 is 0 Å². The summed E-state index contributed by atoms with van der Waals surface area (Å²) in [6.45, 7) is 0. The lowest BCUT2D eigenvalue weighted by molar-refractivity contribution is 0.155. The summed E-state index contributed by atoms with van der Waals surface area (Å²) in [7, 11) is 0. The van der Waals surface area contributed by atoms with Crippen LogP contribution >= 0.6 is 33.9 Å². The highest BCUT2D eigenvalue weighted by Crippen LogP contribution is 2.46. The Labute approximate surface area is 114 Å².